The second kappa shape index (κ2) is 3.21. The number of hydrogen-bond donors (Lipinski definition) is 1. The zero-order valence-corrected chi connectivity index (χ0v) is 6.70. The predicted molar refractivity (Wildman–Crippen MR) is 45.0 cm³/mol. The molecular formula is C9H11FN2. The van der Waals surface area contributed by atoms with Crippen LogP contribution >= 0.6 is 0 Å². The highest BCUT2D eigenvalue weighted by molar-refractivity contribution is 5.18. The van der Waals surface area contributed by atoms with Crippen LogP contribution in [0.1, 0.15) is 11.7 Å². The van der Waals surface area contributed by atoms with Gasteiger partial charge in [-0.2, -0.15) is 0 Å². The lowest BCUT2D eigenvalue weighted by atomic mass is 10.2. The van der Waals surface area contributed by atoms with Crippen LogP contribution in [0, 0.1) is 0 Å². The fourth-order valence-electron chi connectivity index (χ4n) is 1.45. The second-order valence-corrected chi connectivity index (χ2v) is 2.89. The smallest absolute Gasteiger partial charge is 0.115 e. The van der Waals surface area contributed by atoms with E-state index >= 15 is 0 Å². The van der Waals surface area contributed by atoms with E-state index in [2.05, 4.69) is 5.32 Å². The molecule has 0 radical (unpaired) electrons. The Balaban J connectivity index is 2.19. The lowest BCUT2D eigenvalue weighted by molar-refractivity contribution is 0.00533. The Morgan fingerprint density at radius 3 is 2.67 bits per heavy atom. The summed E-state index contributed by atoms with van der Waals surface area (Å²) in [6.45, 7) is 1.19. The summed E-state index contributed by atoms with van der Waals surface area (Å²) in [5.74, 6) is 0. The first-order valence-corrected chi connectivity index (χ1v) is 4.09. The molecule has 0 bridgehead atoms. The average Bonchev–Trinajstić information content (AvgIpc) is 2.53. The molecule has 3 heteroatoms. The molecule has 0 spiro atoms. The molecule has 1 fully saturated rings. The van der Waals surface area contributed by atoms with Gasteiger partial charge in [0.05, 0.1) is 0 Å². The first-order valence-electron chi connectivity index (χ1n) is 4.09. The maximum absolute atomic E-state index is 13.0. The van der Waals surface area contributed by atoms with E-state index in [9.17, 15) is 4.48 Å². The van der Waals surface area contributed by atoms with Gasteiger partial charge in [-0.05, 0) is 5.56 Å². The summed E-state index contributed by atoms with van der Waals surface area (Å²) in [5.41, 5.74) is 0.984. The summed E-state index contributed by atoms with van der Waals surface area (Å²) in [5, 5.41) is 3.90. The maximum Gasteiger partial charge on any atom is 0.115 e. The van der Waals surface area contributed by atoms with Crippen molar-refractivity contribution in [1.82, 2.24) is 10.4 Å². The maximum atomic E-state index is 13.0. The van der Waals surface area contributed by atoms with Crippen LogP contribution in [0.4, 0.5) is 4.48 Å². The van der Waals surface area contributed by atoms with Gasteiger partial charge < -0.3 is 0 Å². The Labute approximate surface area is 70.9 Å². The summed E-state index contributed by atoms with van der Waals surface area (Å²) < 4.78 is 13.0. The summed E-state index contributed by atoms with van der Waals surface area (Å²) in [4.78, 5) is 0. The minimum Gasteiger partial charge on any atom is -0.295 e. The molecule has 1 N–H and O–H groups in total. The molecule has 0 amide bonds. The summed E-state index contributed by atoms with van der Waals surface area (Å²) in [6.07, 6.45) is -0.244. The fraction of sp³-hybridized carbons (Fsp3) is 0.333. The Bertz CT molecular complexity index is 250. The van der Waals surface area contributed by atoms with E-state index in [1.54, 1.807) is 0 Å². The molecule has 2 nitrogen and oxygen atoms in total. The van der Waals surface area contributed by atoms with E-state index < -0.39 is 0 Å². The number of rotatable bonds is 1. The van der Waals surface area contributed by atoms with Crippen LogP contribution < -0.4 is 5.32 Å². The van der Waals surface area contributed by atoms with Crippen LogP contribution in [0.25, 0.3) is 0 Å². The molecule has 12 heavy (non-hydrogen) atoms. The number of nitrogens with one attached hydrogen (secondary N) is 1. The minimum atomic E-state index is -0.244. The van der Waals surface area contributed by atoms with E-state index in [-0.39, 0.29) is 6.17 Å². The highest BCUT2D eigenvalue weighted by Gasteiger charge is 2.24. The molecule has 1 aliphatic rings. The van der Waals surface area contributed by atoms with E-state index in [0.29, 0.717) is 6.54 Å². The molecule has 0 aliphatic carbocycles. The fourth-order valence-corrected chi connectivity index (χ4v) is 1.45. The van der Waals surface area contributed by atoms with Crippen LogP contribution in [0.15, 0.2) is 30.3 Å². The van der Waals surface area contributed by atoms with E-state index in [4.69, 9.17) is 0 Å². The summed E-state index contributed by atoms with van der Waals surface area (Å²) >= 11 is 0. The first-order chi connectivity index (χ1) is 5.88. The SMILES string of the molecule is FN1CCNC1c1ccccc1. The van der Waals surface area contributed by atoms with Gasteiger partial charge >= 0.3 is 0 Å². The molecule has 1 unspecified atom stereocenters. The molecular weight excluding hydrogens is 155 g/mol. The van der Waals surface area contributed by atoms with Crippen molar-refractivity contribution in [2.45, 2.75) is 6.17 Å². The van der Waals surface area contributed by atoms with Crippen LogP contribution in [0.5, 0.6) is 0 Å². The van der Waals surface area contributed by atoms with Crippen molar-refractivity contribution in [2.75, 3.05) is 13.1 Å². The Morgan fingerprint density at radius 2 is 2.08 bits per heavy atom. The van der Waals surface area contributed by atoms with Crippen molar-refractivity contribution in [2.24, 2.45) is 0 Å². The van der Waals surface area contributed by atoms with Crippen LogP contribution in [0.3, 0.4) is 0 Å². The van der Waals surface area contributed by atoms with Gasteiger partial charge in [0.2, 0.25) is 0 Å². The summed E-state index contributed by atoms with van der Waals surface area (Å²) in [6, 6.07) is 9.62. The average molecular weight is 166 g/mol. The van der Waals surface area contributed by atoms with Gasteiger partial charge in [0.15, 0.2) is 0 Å². The predicted octanol–water partition coefficient (Wildman–Crippen LogP) is 1.47. The van der Waals surface area contributed by atoms with Crippen molar-refractivity contribution in [3.8, 4) is 0 Å². The molecule has 1 atom stereocenters. The summed E-state index contributed by atoms with van der Waals surface area (Å²) in [7, 11) is 0. The van der Waals surface area contributed by atoms with Crippen LogP contribution in [-0.2, 0) is 0 Å². The minimum absolute atomic E-state index is 0.244. The molecule has 1 saturated heterocycles. The highest BCUT2D eigenvalue weighted by atomic mass is 19.2. The molecule has 0 saturated carbocycles. The van der Waals surface area contributed by atoms with Gasteiger partial charge in [-0.25, -0.2) is 0 Å². The topological polar surface area (TPSA) is 15.3 Å². The Morgan fingerprint density at radius 1 is 1.33 bits per heavy atom. The van der Waals surface area contributed by atoms with Crippen molar-refractivity contribution < 1.29 is 4.48 Å². The van der Waals surface area contributed by atoms with Crippen molar-refractivity contribution >= 4 is 0 Å². The third-order valence-electron chi connectivity index (χ3n) is 2.06. The number of hydrogen-bond acceptors (Lipinski definition) is 2. The third-order valence-corrected chi connectivity index (χ3v) is 2.06. The van der Waals surface area contributed by atoms with Gasteiger partial charge in [-0.15, -0.1) is 9.60 Å². The number of benzene rings is 1. The Kier molecular flexibility index (Phi) is 2.06. The van der Waals surface area contributed by atoms with Crippen molar-refractivity contribution in [3.63, 3.8) is 0 Å². The number of nitrogens with zero attached hydrogens (tertiary/aromatic N) is 1. The molecule has 2 rings (SSSR count). The molecule has 1 aromatic carbocycles. The van der Waals surface area contributed by atoms with Gasteiger partial charge in [0.25, 0.3) is 0 Å². The van der Waals surface area contributed by atoms with Crippen molar-refractivity contribution in [3.05, 3.63) is 35.9 Å². The van der Waals surface area contributed by atoms with E-state index in [1.165, 1.54) is 0 Å². The normalized spacial score (nSPS) is 24.6. The van der Waals surface area contributed by atoms with Crippen LogP contribution in [0.2, 0.25) is 0 Å². The lowest BCUT2D eigenvalue weighted by Crippen LogP contribution is -2.20. The van der Waals surface area contributed by atoms with E-state index in [0.717, 1.165) is 17.2 Å². The van der Waals surface area contributed by atoms with Gasteiger partial charge in [-0.3, -0.25) is 5.32 Å². The standard InChI is InChI=1S/C9H11FN2/c10-12-7-6-11-9(12)8-4-2-1-3-5-8/h1-5,9,11H,6-7H2. The Hall–Kier alpha value is -0.930. The van der Waals surface area contributed by atoms with Gasteiger partial charge in [-0.1, -0.05) is 30.3 Å². The third kappa shape index (κ3) is 1.33. The second-order valence-electron chi connectivity index (χ2n) is 2.89. The number of halogens is 1. The van der Waals surface area contributed by atoms with Gasteiger partial charge in [0, 0.05) is 13.1 Å². The van der Waals surface area contributed by atoms with Gasteiger partial charge in [0.1, 0.15) is 6.17 Å². The first kappa shape index (κ1) is 7.71. The molecule has 64 valence electrons. The monoisotopic (exact) mass is 166 g/mol. The molecule has 1 aliphatic heterocycles. The molecule has 0 aromatic heterocycles. The lowest BCUT2D eigenvalue weighted by Gasteiger charge is -2.14. The molecule has 1 aromatic rings. The zero-order chi connectivity index (χ0) is 8.39. The van der Waals surface area contributed by atoms with Crippen LogP contribution in [-0.4, -0.2) is 18.2 Å². The van der Waals surface area contributed by atoms with E-state index in [1.807, 2.05) is 30.3 Å². The zero-order valence-electron chi connectivity index (χ0n) is 6.70. The van der Waals surface area contributed by atoms with Crippen molar-refractivity contribution in [1.29, 1.82) is 0 Å². The highest BCUT2D eigenvalue weighted by Crippen LogP contribution is 2.20. The quantitative estimate of drug-likeness (QED) is 0.635. The molecule has 1 heterocycles. The largest absolute Gasteiger partial charge is 0.295 e.